The van der Waals surface area contributed by atoms with Gasteiger partial charge in [-0.3, -0.25) is 4.68 Å². The van der Waals surface area contributed by atoms with Gasteiger partial charge in [-0.15, -0.1) is 0 Å². The summed E-state index contributed by atoms with van der Waals surface area (Å²) in [6, 6.07) is 0. The van der Waals surface area contributed by atoms with Gasteiger partial charge in [0.15, 0.2) is 0 Å². The lowest BCUT2D eigenvalue weighted by Crippen LogP contribution is -2.06. The van der Waals surface area contributed by atoms with Crippen molar-refractivity contribution in [2.45, 2.75) is 26.8 Å². The van der Waals surface area contributed by atoms with Crippen LogP contribution in [0.2, 0.25) is 0 Å². The number of aryl methyl sites for hydroxylation is 2. The summed E-state index contributed by atoms with van der Waals surface area (Å²) >= 11 is 0. The first-order chi connectivity index (χ1) is 5.20. The summed E-state index contributed by atoms with van der Waals surface area (Å²) in [5.74, 6) is 0. The summed E-state index contributed by atoms with van der Waals surface area (Å²) in [5, 5.41) is 4.29. The smallest absolute Gasteiger partial charge is 0.0628 e. The molecule has 0 saturated heterocycles. The summed E-state index contributed by atoms with van der Waals surface area (Å²) < 4.78 is 1.87. The van der Waals surface area contributed by atoms with Crippen molar-refractivity contribution >= 4 is 0 Å². The first-order valence-electron chi connectivity index (χ1n) is 3.92. The van der Waals surface area contributed by atoms with Crippen molar-refractivity contribution in [3.63, 3.8) is 0 Å². The van der Waals surface area contributed by atoms with Gasteiger partial charge in [-0.2, -0.15) is 5.10 Å². The van der Waals surface area contributed by atoms with Crippen molar-refractivity contribution in [3.8, 4) is 0 Å². The van der Waals surface area contributed by atoms with E-state index in [-0.39, 0.29) is 0 Å². The SMILES string of the molecule is CCc1c(C)nn(C)c1CN. The minimum absolute atomic E-state index is 0.584. The highest BCUT2D eigenvalue weighted by Gasteiger charge is 2.08. The van der Waals surface area contributed by atoms with Crippen LogP contribution in [-0.4, -0.2) is 9.78 Å². The molecule has 3 heteroatoms. The lowest BCUT2D eigenvalue weighted by atomic mass is 10.1. The van der Waals surface area contributed by atoms with Gasteiger partial charge in [0, 0.05) is 13.6 Å². The van der Waals surface area contributed by atoms with Crippen LogP contribution in [0.15, 0.2) is 0 Å². The second kappa shape index (κ2) is 3.05. The highest BCUT2D eigenvalue weighted by Crippen LogP contribution is 2.12. The number of hydrogen-bond acceptors (Lipinski definition) is 2. The van der Waals surface area contributed by atoms with Gasteiger partial charge in [-0.25, -0.2) is 0 Å². The van der Waals surface area contributed by atoms with Gasteiger partial charge in [0.05, 0.1) is 11.4 Å². The highest BCUT2D eigenvalue weighted by atomic mass is 15.3. The fourth-order valence-electron chi connectivity index (χ4n) is 1.47. The molecule has 62 valence electrons. The molecule has 0 atom stereocenters. The van der Waals surface area contributed by atoms with E-state index in [1.165, 1.54) is 5.56 Å². The Morgan fingerprint density at radius 3 is 2.55 bits per heavy atom. The third kappa shape index (κ3) is 1.28. The van der Waals surface area contributed by atoms with Crippen molar-refractivity contribution in [1.29, 1.82) is 0 Å². The molecule has 0 aliphatic heterocycles. The molecule has 0 unspecified atom stereocenters. The molecular formula is C8H15N3. The van der Waals surface area contributed by atoms with E-state index in [9.17, 15) is 0 Å². The molecule has 0 aliphatic rings. The van der Waals surface area contributed by atoms with E-state index in [0.29, 0.717) is 6.54 Å². The van der Waals surface area contributed by atoms with Crippen LogP contribution in [0.1, 0.15) is 23.9 Å². The molecule has 0 aromatic carbocycles. The molecule has 0 radical (unpaired) electrons. The lowest BCUT2D eigenvalue weighted by molar-refractivity contribution is 0.703. The lowest BCUT2D eigenvalue weighted by Gasteiger charge is -1.99. The first-order valence-corrected chi connectivity index (χ1v) is 3.92. The maximum absolute atomic E-state index is 5.58. The van der Waals surface area contributed by atoms with Crippen molar-refractivity contribution in [1.82, 2.24) is 9.78 Å². The molecule has 2 N–H and O–H groups in total. The molecule has 0 bridgehead atoms. The Labute approximate surface area is 67.2 Å². The quantitative estimate of drug-likeness (QED) is 0.681. The maximum atomic E-state index is 5.58. The molecule has 3 nitrogen and oxygen atoms in total. The number of nitrogens with zero attached hydrogens (tertiary/aromatic N) is 2. The fourth-order valence-corrected chi connectivity index (χ4v) is 1.47. The number of hydrogen-bond donors (Lipinski definition) is 1. The molecule has 0 aliphatic carbocycles. The monoisotopic (exact) mass is 153 g/mol. The van der Waals surface area contributed by atoms with Crippen LogP contribution in [-0.2, 0) is 20.0 Å². The Morgan fingerprint density at radius 2 is 2.18 bits per heavy atom. The van der Waals surface area contributed by atoms with Gasteiger partial charge in [0.25, 0.3) is 0 Å². The average molecular weight is 153 g/mol. The minimum Gasteiger partial charge on any atom is -0.325 e. The van der Waals surface area contributed by atoms with Gasteiger partial charge in [-0.05, 0) is 18.9 Å². The van der Waals surface area contributed by atoms with Crippen molar-refractivity contribution in [2.24, 2.45) is 12.8 Å². The average Bonchev–Trinajstić information content (AvgIpc) is 2.24. The van der Waals surface area contributed by atoms with E-state index >= 15 is 0 Å². The zero-order valence-electron chi connectivity index (χ0n) is 7.39. The van der Waals surface area contributed by atoms with Crippen LogP contribution in [0.4, 0.5) is 0 Å². The Bertz CT molecular complexity index is 226. The predicted octanol–water partition coefficient (Wildman–Crippen LogP) is 0.750. The molecule has 1 rings (SSSR count). The normalized spacial score (nSPS) is 10.5. The molecule has 1 aromatic rings. The Kier molecular flexibility index (Phi) is 2.29. The highest BCUT2D eigenvalue weighted by molar-refractivity contribution is 5.24. The molecule has 0 fully saturated rings. The topological polar surface area (TPSA) is 43.8 Å². The van der Waals surface area contributed by atoms with Crippen LogP contribution >= 0.6 is 0 Å². The summed E-state index contributed by atoms with van der Waals surface area (Å²) in [7, 11) is 1.94. The minimum atomic E-state index is 0.584. The van der Waals surface area contributed by atoms with Crippen LogP contribution in [0.25, 0.3) is 0 Å². The fraction of sp³-hybridized carbons (Fsp3) is 0.625. The molecule has 1 aromatic heterocycles. The molecule has 1 heterocycles. The molecule has 11 heavy (non-hydrogen) atoms. The van der Waals surface area contributed by atoms with Gasteiger partial charge in [0.2, 0.25) is 0 Å². The standard InChI is InChI=1S/C8H15N3/c1-4-7-6(2)10-11(3)8(7)5-9/h4-5,9H2,1-3H3. The van der Waals surface area contributed by atoms with Crippen molar-refractivity contribution < 1.29 is 0 Å². The van der Waals surface area contributed by atoms with E-state index < -0.39 is 0 Å². The molecule has 0 spiro atoms. The molecule has 0 amide bonds. The maximum Gasteiger partial charge on any atom is 0.0628 e. The number of nitrogens with two attached hydrogens (primary N) is 1. The zero-order valence-corrected chi connectivity index (χ0v) is 7.39. The Balaban J connectivity index is 3.17. The first kappa shape index (κ1) is 8.27. The van der Waals surface area contributed by atoms with Gasteiger partial charge in [0.1, 0.15) is 0 Å². The van der Waals surface area contributed by atoms with E-state index in [1.807, 2.05) is 18.7 Å². The largest absolute Gasteiger partial charge is 0.325 e. The Hall–Kier alpha value is -0.830. The third-order valence-corrected chi connectivity index (χ3v) is 2.02. The summed E-state index contributed by atoms with van der Waals surface area (Å²) in [6.45, 7) is 4.74. The van der Waals surface area contributed by atoms with Crippen LogP contribution in [0.3, 0.4) is 0 Å². The Morgan fingerprint density at radius 1 is 1.55 bits per heavy atom. The van der Waals surface area contributed by atoms with E-state index in [0.717, 1.165) is 17.8 Å². The summed E-state index contributed by atoms with van der Waals surface area (Å²) in [6.07, 6.45) is 1.02. The van der Waals surface area contributed by atoms with Crippen LogP contribution in [0, 0.1) is 6.92 Å². The summed E-state index contributed by atoms with van der Waals surface area (Å²) in [5.41, 5.74) is 9.14. The van der Waals surface area contributed by atoms with Crippen LogP contribution < -0.4 is 5.73 Å². The molecule has 0 saturated carbocycles. The van der Waals surface area contributed by atoms with Crippen LogP contribution in [0.5, 0.6) is 0 Å². The number of aromatic nitrogens is 2. The van der Waals surface area contributed by atoms with E-state index in [4.69, 9.17) is 5.73 Å². The second-order valence-corrected chi connectivity index (χ2v) is 2.69. The predicted molar refractivity (Wildman–Crippen MR) is 45.2 cm³/mol. The molecular weight excluding hydrogens is 138 g/mol. The van der Waals surface area contributed by atoms with Gasteiger partial charge >= 0.3 is 0 Å². The number of rotatable bonds is 2. The third-order valence-electron chi connectivity index (χ3n) is 2.02. The van der Waals surface area contributed by atoms with Gasteiger partial charge in [-0.1, -0.05) is 6.92 Å². The van der Waals surface area contributed by atoms with Crippen molar-refractivity contribution in [2.75, 3.05) is 0 Å². The van der Waals surface area contributed by atoms with E-state index in [1.54, 1.807) is 0 Å². The summed E-state index contributed by atoms with van der Waals surface area (Å²) in [4.78, 5) is 0. The zero-order chi connectivity index (χ0) is 8.43. The van der Waals surface area contributed by atoms with E-state index in [2.05, 4.69) is 12.0 Å². The van der Waals surface area contributed by atoms with Gasteiger partial charge < -0.3 is 5.73 Å². The van der Waals surface area contributed by atoms with Crippen molar-refractivity contribution in [3.05, 3.63) is 17.0 Å². The second-order valence-electron chi connectivity index (χ2n) is 2.69.